The summed E-state index contributed by atoms with van der Waals surface area (Å²) >= 11 is 0. The second-order valence-corrected chi connectivity index (χ2v) is 8.68. The summed E-state index contributed by atoms with van der Waals surface area (Å²) in [5.41, 5.74) is 11.3. The van der Waals surface area contributed by atoms with E-state index < -0.39 is 0 Å². The van der Waals surface area contributed by atoms with E-state index in [1.807, 2.05) is 24.5 Å². The highest BCUT2D eigenvalue weighted by Gasteiger charge is 2.24. The third-order valence-electron chi connectivity index (χ3n) is 6.70. The summed E-state index contributed by atoms with van der Waals surface area (Å²) in [6.45, 7) is 0.936. The second-order valence-electron chi connectivity index (χ2n) is 8.68. The number of H-pyrrole nitrogens is 1. The first kappa shape index (κ1) is 20.6. The van der Waals surface area contributed by atoms with Crippen molar-refractivity contribution >= 4 is 17.0 Å². The van der Waals surface area contributed by atoms with Gasteiger partial charge in [-0.3, -0.25) is 4.98 Å². The van der Waals surface area contributed by atoms with E-state index in [4.69, 9.17) is 5.73 Å². The Morgan fingerprint density at radius 3 is 2.59 bits per heavy atom. The molecule has 1 saturated carbocycles. The number of benzene rings is 1. The minimum absolute atomic E-state index is 0.176. The number of nitrogens with zero attached hydrogens (tertiary/aromatic N) is 4. The number of aromatic amines is 1. The Labute approximate surface area is 187 Å². The van der Waals surface area contributed by atoms with Crippen LogP contribution in [0, 0.1) is 0 Å². The molecule has 164 valence electrons. The Morgan fingerprint density at radius 1 is 1.03 bits per heavy atom. The van der Waals surface area contributed by atoms with E-state index in [2.05, 4.69) is 67.1 Å². The molecule has 0 aliphatic heterocycles. The molecule has 7 heteroatoms. The fourth-order valence-electron chi connectivity index (χ4n) is 5.04. The van der Waals surface area contributed by atoms with Crippen molar-refractivity contribution in [1.29, 1.82) is 0 Å². The molecule has 0 bridgehead atoms. The van der Waals surface area contributed by atoms with Gasteiger partial charge in [-0.1, -0.05) is 35.5 Å². The zero-order chi connectivity index (χ0) is 21.8. The van der Waals surface area contributed by atoms with Gasteiger partial charge in [0.1, 0.15) is 11.3 Å². The van der Waals surface area contributed by atoms with Gasteiger partial charge >= 0.3 is 0 Å². The third kappa shape index (κ3) is 4.48. The first-order chi connectivity index (χ1) is 15.8. The van der Waals surface area contributed by atoms with Crippen LogP contribution in [0.3, 0.4) is 0 Å². The summed E-state index contributed by atoms with van der Waals surface area (Å²) in [5.74, 6) is 1.32. The zero-order valence-electron chi connectivity index (χ0n) is 18.1. The van der Waals surface area contributed by atoms with Gasteiger partial charge in [0.2, 0.25) is 0 Å². The Morgan fingerprint density at radius 2 is 1.81 bits per heavy atom. The number of nitrogens with one attached hydrogen (secondary N) is 2. The van der Waals surface area contributed by atoms with Crippen LogP contribution in [0.5, 0.6) is 0 Å². The Balaban J connectivity index is 1.26. The van der Waals surface area contributed by atoms with Crippen LogP contribution in [0.4, 0.5) is 5.82 Å². The monoisotopic (exact) mass is 427 g/mol. The number of nitrogen functional groups attached to an aromatic ring is 1. The molecule has 0 amide bonds. The lowest BCUT2D eigenvalue weighted by Gasteiger charge is -2.30. The van der Waals surface area contributed by atoms with Crippen LogP contribution in [0.2, 0.25) is 0 Å². The third-order valence-corrected chi connectivity index (χ3v) is 6.70. The molecule has 4 aromatic rings. The second kappa shape index (κ2) is 9.44. The van der Waals surface area contributed by atoms with Crippen molar-refractivity contribution in [3.8, 4) is 0 Å². The predicted molar refractivity (Wildman–Crippen MR) is 126 cm³/mol. The van der Waals surface area contributed by atoms with Crippen molar-refractivity contribution in [2.45, 2.75) is 50.0 Å². The molecule has 0 spiro atoms. The fraction of sp³-hybridized carbons (Fsp3) is 0.360. The number of aromatic nitrogens is 5. The average Bonchev–Trinajstić information content (AvgIpc) is 3.31. The van der Waals surface area contributed by atoms with Gasteiger partial charge in [0.05, 0.1) is 0 Å². The van der Waals surface area contributed by atoms with Crippen molar-refractivity contribution in [3.63, 3.8) is 0 Å². The van der Waals surface area contributed by atoms with E-state index in [9.17, 15) is 0 Å². The van der Waals surface area contributed by atoms with Crippen LogP contribution in [0.15, 0.2) is 60.9 Å². The van der Waals surface area contributed by atoms with Gasteiger partial charge in [0.25, 0.3) is 0 Å². The molecule has 3 heterocycles. The molecule has 1 aliphatic carbocycles. The van der Waals surface area contributed by atoms with Gasteiger partial charge in [-0.15, -0.1) is 5.10 Å². The smallest absolute Gasteiger partial charge is 0.178 e. The summed E-state index contributed by atoms with van der Waals surface area (Å²) in [5, 5.41) is 14.9. The van der Waals surface area contributed by atoms with E-state index in [1.165, 1.54) is 36.8 Å². The van der Waals surface area contributed by atoms with Crippen molar-refractivity contribution in [1.82, 2.24) is 30.7 Å². The van der Waals surface area contributed by atoms with Gasteiger partial charge in [-0.25, -0.2) is 10.1 Å². The Kier molecular flexibility index (Phi) is 6.07. The normalized spacial score (nSPS) is 19.8. The summed E-state index contributed by atoms with van der Waals surface area (Å²) in [6.07, 6.45) is 9.63. The molecule has 1 unspecified atom stereocenters. The number of hydrogen-bond acceptors (Lipinski definition) is 6. The van der Waals surface area contributed by atoms with Gasteiger partial charge in [0, 0.05) is 24.4 Å². The molecular formula is C25H29N7. The number of anilines is 1. The molecule has 4 N–H and O–H groups in total. The van der Waals surface area contributed by atoms with Gasteiger partial charge < -0.3 is 11.1 Å². The highest BCUT2D eigenvalue weighted by Crippen LogP contribution is 2.34. The summed E-state index contributed by atoms with van der Waals surface area (Å²) in [6, 6.07) is 17.4. The molecule has 7 nitrogen and oxygen atoms in total. The summed E-state index contributed by atoms with van der Waals surface area (Å²) in [4.78, 5) is 8.48. The molecule has 1 fully saturated rings. The molecule has 1 aromatic carbocycles. The number of fused-ring (bicyclic) bond motifs is 1. The fourth-order valence-corrected chi connectivity index (χ4v) is 5.04. The van der Waals surface area contributed by atoms with Gasteiger partial charge in [0.15, 0.2) is 5.65 Å². The largest absolute Gasteiger partial charge is 0.384 e. The minimum atomic E-state index is 0.176. The molecule has 0 saturated heterocycles. The lowest BCUT2D eigenvalue weighted by atomic mass is 9.82. The lowest BCUT2D eigenvalue weighted by molar-refractivity contribution is 0.340. The SMILES string of the molecule is Nc1cc(C(CCN[C@H]2CC[C@H](c3ccncc3)CC2)c2ccccc2)c2nn[nH]c2n1. The number of rotatable bonds is 7. The molecule has 5 rings (SSSR count). The van der Waals surface area contributed by atoms with Crippen LogP contribution >= 0.6 is 0 Å². The maximum Gasteiger partial charge on any atom is 0.178 e. The molecular weight excluding hydrogens is 398 g/mol. The van der Waals surface area contributed by atoms with Crippen molar-refractivity contribution in [2.24, 2.45) is 0 Å². The van der Waals surface area contributed by atoms with E-state index in [0.717, 1.165) is 24.0 Å². The quantitative estimate of drug-likeness (QED) is 0.409. The lowest BCUT2D eigenvalue weighted by Crippen LogP contribution is -2.34. The average molecular weight is 428 g/mol. The zero-order valence-corrected chi connectivity index (χ0v) is 18.1. The standard InChI is InChI=1S/C25H29N7/c26-23-16-22(24-25(29-23)31-32-30-24)21(19-4-2-1-3-5-19)12-15-28-20-8-6-17(7-9-20)18-10-13-27-14-11-18/h1-5,10-11,13-14,16-17,20-21,28H,6-9,12,15H2,(H3,26,29,30,31,32)/t17-,20-,21?. The first-order valence-electron chi connectivity index (χ1n) is 11.4. The van der Waals surface area contributed by atoms with Crippen LogP contribution in [-0.4, -0.2) is 38.0 Å². The molecule has 1 aliphatic rings. The summed E-state index contributed by atoms with van der Waals surface area (Å²) < 4.78 is 0. The highest BCUT2D eigenvalue weighted by molar-refractivity contribution is 5.77. The van der Waals surface area contributed by atoms with Crippen LogP contribution in [-0.2, 0) is 0 Å². The maximum atomic E-state index is 6.10. The Hall–Kier alpha value is -3.32. The van der Waals surface area contributed by atoms with Crippen molar-refractivity contribution < 1.29 is 0 Å². The van der Waals surface area contributed by atoms with Gasteiger partial charge in [-0.05, 0) is 79.5 Å². The van der Waals surface area contributed by atoms with Crippen molar-refractivity contribution in [2.75, 3.05) is 12.3 Å². The van der Waals surface area contributed by atoms with Gasteiger partial charge in [-0.2, -0.15) is 0 Å². The number of pyridine rings is 2. The van der Waals surface area contributed by atoms with Crippen LogP contribution in [0.25, 0.3) is 11.2 Å². The molecule has 1 atom stereocenters. The van der Waals surface area contributed by atoms with E-state index in [1.54, 1.807) is 0 Å². The highest BCUT2D eigenvalue weighted by atomic mass is 15.3. The topological polar surface area (TPSA) is 105 Å². The Bertz CT molecular complexity index is 1130. The first-order valence-corrected chi connectivity index (χ1v) is 11.4. The molecule has 32 heavy (non-hydrogen) atoms. The van der Waals surface area contributed by atoms with Crippen LogP contribution < -0.4 is 11.1 Å². The predicted octanol–water partition coefficient (Wildman–Crippen LogP) is 4.17. The summed E-state index contributed by atoms with van der Waals surface area (Å²) in [7, 11) is 0. The number of hydrogen-bond donors (Lipinski definition) is 3. The minimum Gasteiger partial charge on any atom is -0.384 e. The van der Waals surface area contributed by atoms with Crippen LogP contribution in [0.1, 0.15) is 60.6 Å². The molecule has 3 aromatic heterocycles. The maximum absolute atomic E-state index is 6.10. The van der Waals surface area contributed by atoms with E-state index >= 15 is 0 Å². The van der Waals surface area contributed by atoms with Crippen molar-refractivity contribution in [3.05, 3.63) is 77.6 Å². The number of nitrogens with two attached hydrogens (primary N) is 1. The van der Waals surface area contributed by atoms with E-state index in [-0.39, 0.29) is 5.92 Å². The molecule has 0 radical (unpaired) electrons. The van der Waals surface area contributed by atoms with E-state index in [0.29, 0.717) is 23.4 Å².